The fraction of sp³-hybridized carbons (Fsp3) is 0.455. The van der Waals surface area contributed by atoms with E-state index in [1.54, 1.807) is 18.5 Å². The average molecular weight is 227 g/mol. The van der Waals surface area contributed by atoms with Crippen molar-refractivity contribution in [3.8, 4) is 0 Å². The van der Waals surface area contributed by atoms with Crippen molar-refractivity contribution in [1.82, 2.24) is 10.3 Å². The van der Waals surface area contributed by atoms with Crippen molar-refractivity contribution in [2.45, 2.75) is 13.3 Å². The molecule has 82 valence electrons. The molecule has 3 nitrogen and oxygen atoms in total. The van der Waals surface area contributed by atoms with Gasteiger partial charge in [0.05, 0.1) is 5.02 Å². The van der Waals surface area contributed by atoms with E-state index in [-0.39, 0.29) is 11.7 Å². The van der Waals surface area contributed by atoms with Crippen LogP contribution in [-0.2, 0) is 11.2 Å². The number of carbonyl (C=O) groups excluding carboxylic acids is 1. The number of aromatic nitrogens is 1. The zero-order valence-electron chi connectivity index (χ0n) is 8.96. The highest BCUT2D eigenvalue weighted by Gasteiger charge is 2.13. The van der Waals surface area contributed by atoms with Crippen molar-refractivity contribution in [3.63, 3.8) is 0 Å². The van der Waals surface area contributed by atoms with Crippen LogP contribution in [0.2, 0.25) is 5.02 Å². The van der Waals surface area contributed by atoms with Crippen molar-refractivity contribution in [3.05, 3.63) is 29.0 Å². The number of halogens is 1. The summed E-state index contributed by atoms with van der Waals surface area (Å²) >= 11 is 5.92. The lowest BCUT2D eigenvalue weighted by atomic mass is 10.0. The van der Waals surface area contributed by atoms with Gasteiger partial charge in [-0.05, 0) is 18.7 Å². The quantitative estimate of drug-likeness (QED) is 0.831. The Morgan fingerprint density at radius 2 is 2.40 bits per heavy atom. The molecule has 0 aliphatic rings. The first-order chi connectivity index (χ1) is 7.15. The van der Waals surface area contributed by atoms with Gasteiger partial charge in [0, 0.05) is 31.3 Å². The van der Waals surface area contributed by atoms with Gasteiger partial charge in [-0.15, -0.1) is 0 Å². The SMILES string of the molecule is CNCC(C)C(=O)Cc1ccncc1Cl. The molecule has 1 aromatic rings. The number of rotatable bonds is 5. The maximum atomic E-state index is 11.7. The van der Waals surface area contributed by atoms with Crippen molar-refractivity contribution in [2.75, 3.05) is 13.6 Å². The van der Waals surface area contributed by atoms with E-state index < -0.39 is 0 Å². The molecule has 1 heterocycles. The number of hydrogen-bond donors (Lipinski definition) is 1. The van der Waals surface area contributed by atoms with Gasteiger partial charge in [0.25, 0.3) is 0 Å². The minimum absolute atomic E-state index is 0.0132. The fourth-order valence-electron chi connectivity index (χ4n) is 1.33. The molecule has 1 aromatic heterocycles. The predicted octanol–water partition coefficient (Wildman–Crippen LogP) is 1.70. The van der Waals surface area contributed by atoms with E-state index in [2.05, 4.69) is 10.3 Å². The maximum Gasteiger partial charge on any atom is 0.141 e. The Morgan fingerprint density at radius 3 is 3.00 bits per heavy atom. The number of carbonyl (C=O) groups is 1. The molecule has 0 saturated carbocycles. The normalized spacial score (nSPS) is 12.5. The smallest absolute Gasteiger partial charge is 0.141 e. The van der Waals surface area contributed by atoms with Crippen molar-refractivity contribution in [2.24, 2.45) is 5.92 Å². The van der Waals surface area contributed by atoms with Crippen LogP contribution in [0.15, 0.2) is 18.5 Å². The Labute approximate surface area is 94.9 Å². The number of pyridine rings is 1. The average Bonchev–Trinajstić information content (AvgIpc) is 2.21. The lowest BCUT2D eigenvalue weighted by Crippen LogP contribution is -2.24. The number of nitrogens with zero attached hydrogens (tertiary/aromatic N) is 1. The van der Waals surface area contributed by atoms with Crippen LogP contribution in [0.25, 0.3) is 0 Å². The van der Waals surface area contributed by atoms with Crippen molar-refractivity contribution in [1.29, 1.82) is 0 Å². The molecule has 0 aliphatic carbocycles. The van der Waals surface area contributed by atoms with E-state index in [0.717, 1.165) is 5.56 Å². The van der Waals surface area contributed by atoms with Gasteiger partial charge in [-0.1, -0.05) is 18.5 Å². The molecule has 0 bridgehead atoms. The summed E-state index contributed by atoms with van der Waals surface area (Å²) in [6, 6.07) is 1.78. The van der Waals surface area contributed by atoms with Crippen LogP contribution in [0.4, 0.5) is 0 Å². The molecule has 1 rings (SSSR count). The minimum Gasteiger partial charge on any atom is -0.319 e. The topological polar surface area (TPSA) is 42.0 Å². The molecule has 0 aliphatic heterocycles. The van der Waals surface area contributed by atoms with E-state index in [1.807, 2.05) is 14.0 Å². The van der Waals surface area contributed by atoms with Crippen LogP contribution >= 0.6 is 11.6 Å². The van der Waals surface area contributed by atoms with Gasteiger partial charge in [-0.3, -0.25) is 9.78 Å². The number of ketones is 1. The van der Waals surface area contributed by atoms with E-state index in [4.69, 9.17) is 11.6 Å². The van der Waals surface area contributed by atoms with Crippen LogP contribution in [0.5, 0.6) is 0 Å². The molecule has 0 saturated heterocycles. The van der Waals surface area contributed by atoms with Gasteiger partial charge in [0.1, 0.15) is 5.78 Å². The highest BCUT2D eigenvalue weighted by atomic mass is 35.5. The molecule has 0 spiro atoms. The summed E-state index contributed by atoms with van der Waals surface area (Å²) in [5.41, 5.74) is 0.847. The second-order valence-corrected chi connectivity index (χ2v) is 3.98. The van der Waals surface area contributed by atoms with Gasteiger partial charge in [0.2, 0.25) is 0 Å². The first-order valence-corrected chi connectivity index (χ1v) is 5.28. The predicted molar refractivity (Wildman–Crippen MR) is 61.0 cm³/mol. The van der Waals surface area contributed by atoms with Crippen LogP contribution in [0, 0.1) is 5.92 Å². The Balaban J connectivity index is 2.62. The van der Waals surface area contributed by atoms with Crippen molar-refractivity contribution < 1.29 is 4.79 Å². The third-order valence-corrected chi connectivity index (χ3v) is 2.62. The Bertz CT molecular complexity index is 341. The van der Waals surface area contributed by atoms with E-state index >= 15 is 0 Å². The summed E-state index contributed by atoms with van der Waals surface area (Å²) in [6.07, 6.45) is 3.59. The van der Waals surface area contributed by atoms with Gasteiger partial charge in [0.15, 0.2) is 0 Å². The van der Waals surface area contributed by atoms with E-state index in [1.165, 1.54) is 0 Å². The first kappa shape index (κ1) is 12.1. The van der Waals surface area contributed by atoms with Crippen LogP contribution in [0.1, 0.15) is 12.5 Å². The van der Waals surface area contributed by atoms with Gasteiger partial charge < -0.3 is 5.32 Å². The van der Waals surface area contributed by atoms with Crippen LogP contribution in [0.3, 0.4) is 0 Å². The molecule has 1 atom stereocenters. The number of Topliss-reactive ketones (excluding diaryl/α,β-unsaturated/α-hetero) is 1. The molecule has 15 heavy (non-hydrogen) atoms. The zero-order valence-corrected chi connectivity index (χ0v) is 9.71. The van der Waals surface area contributed by atoms with Gasteiger partial charge in [-0.25, -0.2) is 0 Å². The number of nitrogens with one attached hydrogen (secondary N) is 1. The molecule has 0 fully saturated rings. The highest BCUT2D eigenvalue weighted by molar-refractivity contribution is 6.31. The van der Waals surface area contributed by atoms with Gasteiger partial charge >= 0.3 is 0 Å². The van der Waals surface area contributed by atoms with Crippen LogP contribution < -0.4 is 5.32 Å². The molecular formula is C11H15ClN2O. The Hall–Kier alpha value is -0.930. The fourth-order valence-corrected chi connectivity index (χ4v) is 1.52. The molecule has 1 N–H and O–H groups in total. The third-order valence-electron chi connectivity index (χ3n) is 2.28. The molecule has 0 amide bonds. The lowest BCUT2D eigenvalue weighted by Gasteiger charge is -2.09. The highest BCUT2D eigenvalue weighted by Crippen LogP contribution is 2.15. The third kappa shape index (κ3) is 3.61. The van der Waals surface area contributed by atoms with Crippen molar-refractivity contribution >= 4 is 17.4 Å². The molecule has 4 heteroatoms. The summed E-state index contributed by atoms with van der Waals surface area (Å²) in [7, 11) is 1.84. The molecular weight excluding hydrogens is 212 g/mol. The molecule has 0 aromatic carbocycles. The molecule has 0 radical (unpaired) electrons. The van der Waals surface area contributed by atoms with Gasteiger partial charge in [-0.2, -0.15) is 0 Å². The Kier molecular flexibility index (Phi) is 4.72. The monoisotopic (exact) mass is 226 g/mol. The maximum absolute atomic E-state index is 11.7. The first-order valence-electron chi connectivity index (χ1n) is 4.91. The lowest BCUT2D eigenvalue weighted by molar-refractivity contribution is -0.121. The minimum atomic E-state index is 0.0132. The second-order valence-electron chi connectivity index (χ2n) is 3.57. The summed E-state index contributed by atoms with van der Waals surface area (Å²) < 4.78 is 0. The summed E-state index contributed by atoms with van der Waals surface area (Å²) in [6.45, 7) is 2.61. The standard InChI is InChI=1S/C11H15ClN2O/c1-8(6-13-2)11(15)5-9-3-4-14-7-10(9)12/h3-4,7-8,13H,5-6H2,1-2H3. The largest absolute Gasteiger partial charge is 0.319 e. The summed E-state index contributed by atoms with van der Waals surface area (Å²) in [5, 5.41) is 3.54. The van der Waals surface area contributed by atoms with Crippen LogP contribution in [-0.4, -0.2) is 24.4 Å². The van der Waals surface area contributed by atoms with E-state index in [0.29, 0.717) is 18.0 Å². The Morgan fingerprint density at radius 1 is 1.67 bits per heavy atom. The van der Waals surface area contributed by atoms with E-state index in [9.17, 15) is 4.79 Å². The summed E-state index contributed by atoms with van der Waals surface area (Å²) in [4.78, 5) is 15.6. The summed E-state index contributed by atoms with van der Waals surface area (Å²) in [5.74, 6) is 0.205. The molecule has 1 unspecified atom stereocenters. The second kappa shape index (κ2) is 5.83. The number of hydrogen-bond acceptors (Lipinski definition) is 3. The zero-order chi connectivity index (χ0) is 11.3.